The van der Waals surface area contributed by atoms with Crippen molar-refractivity contribution in [1.82, 2.24) is 0 Å². The monoisotopic (exact) mass is 232 g/mol. The van der Waals surface area contributed by atoms with Gasteiger partial charge in [-0.2, -0.15) is 0 Å². The first-order valence-corrected chi connectivity index (χ1v) is 6.55. The van der Waals surface area contributed by atoms with Gasteiger partial charge in [0.15, 0.2) is 0 Å². The van der Waals surface area contributed by atoms with Crippen LogP contribution in [0.5, 0.6) is 0 Å². The van der Waals surface area contributed by atoms with Crippen molar-refractivity contribution >= 4 is 15.9 Å². The van der Waals surface area contributed by atoms with Crippen LogP contribution in [0.4, 0.5) is 0 Å². The highest BCUT2D eigenvalue weighted by atomic mass is 79.9. The molecule has 1 heteroatoms. The summed E-state index contributed by atoms with van der Waals surface area (Å²) in [5.74, 6) is 1.99. The molecule has 72 valence electrons. The Kier molecular flexibility index (Phi) is 5.29. The molecule has 0 spiro atoms. The van der Waals surface area contributed by atoms with Crippen LogP contribution in [-0.2, 0) is 0 Å². The van der Waals surface area contributed by atoms with Gasteiger partial charge >= 0.3 is 0 Å². The van der Waals surface area contributed by atoms with E-state index in [-0.39, 0.29) is 0 Å². The molecule has 1 saturated carbocycles. The van der Waals surface area contributed by atoms with Crippen LogP contribution in [0.15, 0.2) is 0 Å². The summed E-state index contributed by atoms with van der Waals surface area (Å²) in [4.78, 5) is 0. The number of halogens is 1. The average molecular weight is 233 g/mol. The van der Waals surface area contributed by atoms with Crippen LogP contribution in [0.2, 0.25) is 0 Å². The first-order chi connectivity index (χ1) is 5.86. The molecule has 1 aliphatic carbocycles. The lowest BCUT2D eigenvalue weighted by Crippen LogP contribution is -2.12. The molecule has 1 unspecified atom stereocenters. The molecule has 0 aliphatic heterocycles. The number of alkyl halides is 1. The molecule has 0 heterocycles. The van der Waals surface area contributed by atoms with Gasteiger partial charge in [-0.3, -0.25) is 0 Å². The molecule has 1 atom stereocenters. The van der Waals surface area contributed by atoms with Gasteiger partial charge < -0.3 is 0 Å². The van der Waals surface area contributed by atoms with E-state index >= 15 is 0 Å². The lowest BCUT2D eigenvalue weighted by molar-refractivity contribution is 0.296. The lowest BCUT2D eigenvalue weighted by Gasteiger charge is -2.24. The smallest absolute Gasteiger partial charge is 0.00596 e. The van der Waals surface area contributed by atoms with Crippen LogP contribution in [-0.4, -0.2) is 5.33 Å². The SMILES string of the molecule is CCC(CBr)CC1CCCCC1. The molecular weight excluding hydrogens is 212 g/mol. The highest BCUT2D eigenvalue weighted by Gasteiger charge is 2.16. The topological polar surface area (TPSA) is 0 Å². The van der Waals surface area contributed by atoms with Gasteiger partial charge in [0.25, 0.3) is 0 Å². The minimum Gasteiger partial charge on any atom is -0.0925 e. The second-order valence-corrected chi connectivity index (χ2v) is 4.82. The second kappa shape index (κ2) is 6.01. The zero-order valence-electron chi connectivity index (χ0n) is 8.19. The summed E-state index contributed by atoms with van der Waals surface area (Å²) in [6.45, 7) is 2.31. The highest BCUT2D eigenvalue weighted by molar-refractivity contribution is 9.09. The molecule has 0 radical (unpaired) electrons. The van der Waals surface area contributed by atoms with Crippen LogP contribution in [0.25, 0.3) is 0 Å². The van der Waals surface area contributed by atoms with E-state index in [1.807, 2.05) is 0 Å². The van der Waals surface area contributed by atoms with Crippen molar-refractivity contribution < 1.29 is 0 Å². The molecular formula is C11H21Br. The summed E-state index contributed by atoms with van der Waals surface area (Å²) in [5, 5.41) is 1.21. The Morgan fingerprint density at radius 3 is 2.42 bits per heavy atom. The molecule has 0 N–H and O–H groups in total. The summed E-state index contributed by atoms with van der Waals surface area (Å²) in [6.07, 6.45) is 10.3. The van der Waals surface area contributed by atoms with Crippen molar-refractivity contribution in [1.29, 1.82) is 0 Å². The van der Waals surface area contributed by atoms with Gasteiger partial charge in [-0.05, 0) is 18.3 Å². The molecule has 0 nitrogen and oxygen atoms in total. The molecule has 0 saturated heterocycles. The van der Waals surface area contributed by atoms with E-state index < -0.39 is 0 Å². The third-order valence-corrected chi connectivity index (χ3v) is 4.10. The predicted octanol–water partition coefficient (Wildman–Crippen LogP) is 4.38. The van der Waals surface area contributed by atoms with Gasteiger partial charge in [0.1, 0.15) is 0 Å². The summed E-state index contributed by atoms with van der Waals surface area (Å²) in [6, 6.07) is 0. The Balaban J connectivity index is 2.18. The van der Waals surface area contributed by atoms with E-state index in [9.17, 15) is 0 Å². The third-order valence-electron chi connectivity index (χ3n) is 3.19. The fraction of sp³-hybridized carbons (Fsp3) is 1.00. The number of rotatable bonds is 4. The third kappa shape index (κ3) is 3.47. The normalized spacial score (nSPS) is 22.5. The zero-order chi connectivity index (χ0) is 8.81. The Morgan fingerprint density at radius 1 is 1.25 bits per heavy atom. The number of hydrogen-bond acceptors (Lipinski definition) is 0. The Morgan fingerprint density at radius 2 is 1.92 bits per heavy atom. The summed E-state index contributed by atoms with van der Waals surface area (Å²) < 4.78 is 0. The fourth-order valence-corrected chi connectivity index (χ4v) is 2.96. The van der Waals surface area contributed by atoms with Crippen molar-refractivity contribution in [2.24, 2.45) is 11.8 Å². The maximum absolute atomic E-state index is 3.60. The molecule has 1 fully saturated rings. The van der Waals surface area contributed by atoms with Crippen LogP contribution in [0, 0.1) is 11.8 Å². The van der Waals surface area contributed by atoms with Crippen molar-refractivity contribution in [3.05, 3.63) is 0 Å². The van der Waals surface area contributed by atoms with E-state index in [4.69, 9.17) is 0 Å². The van der Waals surface area contributed by atoms with Gasteiger partial charge in [0, 0.05) is 5.33 Å². The van der Waals surface area contributed by atoms with E-state index in [1.54, 1.807) is 0 Å². The first-order valence-electron chi connectivity index (χ1n) is 5.42. The van der Waals surface area contributed by atoms with Gasteiger partial charge in [-0.1, -0.05) is 61.4 Å². The molecule has 0 aromatic heterocycles. The fourth-order valence-electron chi connectivity index (χ4n) is 2.23. The maximum atomic E-state index is 3.60. The predicted molar refractivity (Wildman–Crippen MR) is 58.8 cm³/mol. The maximum Gasteiger partial charge on any atom is 0.00596 e. The molecule has 0 amide bonds. The highest BCUT2D eigenvalue weighted by Crippen LogP contribution is 2.30. The quantitative estimate of drug-likeness (QED) is 0.632. The van der Waals surface area contributed by atoms with Crippen molar-refractivity contribution in [2.75, 3.05) is 5.33 Å². The standard InChI is InChI=1S/C11H21Br/c1-2-10(9-12)8-11-6-4-3-5-7-11/h10-11H,2-9H2,1H3. The average Bonchev–Trinajstić information content (AvgIpc) is 2.16. The Bertz CT molecular complexity index is 102. The van der Waals surface area contributed by atoms with E-state index in [2.05, 4.69) is 22.9 Å². The lowest BCUT2D eigenvalue weighted by atomic mass is 9.83. The molecule has 0 aromatic carbocycles. The summed E-state index contributed by atoms with van der Waals surface area (Å²) in [7, 11) is 0. The zero-order valence-corrected chi connectivity index (χ0v) is 9.78. The molecule has 1 rings (SSSR count). The molecule has 0 bridgehead atoms. The van der Waals surface area contributed by atoms with Gasteiger partial charge in [0.05, 0.1) is 0 Å². The minimum atomic E-state index is 0.938. The first kappa shape index (κ1) is 10.6. The van der Waals surface area contributed by atoms with E-state index in [0.29, 0.717) is 0 Å². The molecule has 12 heavy (non-hydrogen) atoms. The molecule has 1 aliphatic rings. The van der Waals surface area contributed by atoms with Crippen molar-refractivity contribution in [3.8, 4) is 0 Å². The Hall–Kier alpha value is 0.480. The van der Waals surface area contributed by atoms with Crippen LogP contribution in [0.1, 0.15) is 51.9 Å². The Labute approximate surface area is 85.3 Å². The van der Waals surface area contributed by atoms with Gasteiger partial charge in [-0.15, -0.1) is 0 Å². The van der Waals surface area contributed by atoms with E-state index in [1.165, 1.54) is 50.3 Å². The summed E-state index contributed by atoms with van der Waals surface area (Å²) >= 11 is 3.60. The largest absolute Gasteiger partial charge is 0.0925 e. The van der Waals surface area contributed by atoms with Crippen LogP contribution >= 0.6 is 15.9 Å². The summed E-state index contributed by atoms with van der Waals surface area (Å²) in [5.41, 5.74) is 0. The molecule has 0 aromatic rings. The van der Waals surface area contributed by atoms with Crippen molar-refractivity contribution in [2.45, 2.75) is 51.9 Å². The van der Waals surface area contributed by atoms with Gasteiger partial charge in [-0.25, -0.2) is 0 Å². The van der Waals surface area contributed by atoms with Crippen LogP contribution in [0.3, 0.4) is 0 Å². The second-order valence-electron chi connectivity index (χ2n) is 4.17. The van der Waals surface area contributed by atoms with Gasteiger partial charge in [0.2, 0.25) is 0 Å². The van der Waals surface area contributed by atoms with Crippen LogP contribution < -0.4 is 0 Å². The number of hydrogen-bond donors (Lipinski definition) is 0. The van der Waals surface area contributed by atoms with Crippen molar-refractivity contribution in [3.63, 3.8) is 0 Å². The van der Waals surface area contributed by atoms with E-state index in [0.717, 1.165) is 11.8 Å². The minimum absolute atomic E-state index is 0.938.